The lowest BCUT2D eigenvalue weighted by molar-refractivity contribution is -0.141. The van der Waals surface area contributed by atoms with Crippen molar-refractivity contribution in [3.63, 3.8) is 0 Å². The lowest BCUT2D eigenvalue weighted by atomic mass is 10.0. The lowest BCUT2D eigenvalue weighted by Crippen LogP contribution is -2.57. The van der Waals surface area contributed by atoms with Crippen LogP contribution < -0.4 is 21.3 Å². The molecule has 1 fully saturated rings. The molecular weight excluding hydrogens is 480 g/mol. The van der Waals surface area contributed by atoms with Gasteiger partial charge in [0, 0.05) is 18.6 Å². The Morgan fingerprint density at radius 2 is 1.60 bits per heavy atom. The summed E-state index contributed by atoms with van der Waals surface area (Å²) in [5.74, 6) is -4.69. The van der Waals surface area contributed by atoms with Crippen LogP contribution in [0.2, 0.25) is 0 Å². The number of thiol groups is 1. The largest absolute Gasteiger partial charge is 0.508 e. The molecule has 0 aliphatic carbocycles. The van der Waals surface area contributed by atoms with Gasteiger partial charge in [-0.05, 0) is 43.5 Å². The van der Waals surface area contributed by atoms with Gasteiger partial charge in [0.15, 0.2) is 0 Å². The van der Waals surface area contributed by atoms with Crippen LogP contribution in [0.3, 0.4) is 0 Å². The van der Waals surface area contributed by atoms with Crippen LogP contribution in [0.5, 0.6) is 5.75 Å². The number of carboxylic acids is 2. The fourth-order valence-corrected chi connectivity index (χ4v) is 3.77. The van der Waals surface area contributed by atoms with E-state index in [9.17, 15) is 34.2 Å². The predicted molar refractivity (Wildman–Crippen MR) is 127 cm³/mol. The van der Waals surface area contributed by atoms with Gasteiger partial charge in [0.2, 0.25) is 17.7 Å². The van der Waals surface area contributed by atoms with Crippen molar-refractivity contribution in [1.82, 2.24) is 21.3 Å². The molecule has 192 valence electrons. The molecule has 1 aliphatic heterocycles. The van der Waals surface area contributed by atoms with Gasteiger partial charge in [0.1, 0.15) is 23.9 Å². The van der Waals surface area contributed by atoms with E-state index in [-0.39, 0.29) is 24.3 Å². The molecule has 3 amide bonds. The Balaban J connectivity index is 2.20. The molecule has 7 N–H and O–H groups in total. The van der Waals surface area contributed by atoms with E-state index in [1.54, 1.807) is 0 Å². The molecule has 2 rings (SSSR count). The number of hydrogen-bond acceptors (Lipinski definition) is 8. The Hall–Kier alpha value is -3.32. The summed E-state index contributed by atoms with van der Waals surface area (Å²) in [4.78, 5) is 60.9. The van der Waals surface area contributed by atoms with E-state index in [4.69, 9.17) is 5.11 Å². The van der Waals surface area contributed by atoms with Gasteiger partial charge >= 0.3 is 11.9 Å². The molecule has 0 bridgehead atoms. The first-order chi connectivity index (χ1) is 16.6. The number of nitrogens with one attached hydrogen (secondary N) is 4. The first-order valence-corrected chi connectivity index (χ1v) is 11.7. The molecule has 0 spiro atoms. The summed E-state index contributed by atoms with van der Waals surface area (Å²) in [6.45, 7) is 0.648. The average Bonchev–Trinajstić information content (AvgIpc) is 3.35. The van der Waals surface area contributed by atoms with Gasteiger partial charge in [0.05, 0.1) is 6.04 Å². The third-order valence-corrected chi connectivity index (χ3v) is 5.83. The standard InChI is InChI=1S/C22H30N4O8S/c27-13-5-3-12(4-6-13)10-16(21(32)26-17(11-35)22(33)34)25-20(31)15(7-8-18(28)29)24-19(30)14-2-1-9-23-14/h3-6,14-17,23,27,35H,1-2,7-11H2,(H,24,30)(H,25,31)(H,26,32)(H,28,29)(H,33,34). The second-order valence-electron chi connectivity index (χ2n) is 8.16. The van der Waals surface area contributed by atoms with E-state index < -0.39 is 60.2 Å². The maximum absolute atomic E-state index is 13.1. The fourth-order valence-electron chi connectivity index (χ4n) is 3.52. The second kappa shape index (κ2) is 13.5. The van der Waals surface area contributed by atoms with Crippen LogP contribution in [0.1, 0.15) is 31.2 Å². The molecule has 0 radical (unpaired) electrons. The fraction of sp³-hybridized carbons (Fsp3) is 0.500. The second-order valence-corrected chi connectivity index (χ2v) is 8.52. The summed E-state index contributed by atoms with van der Waals surface area (Å²) in [5.41, 5.74) is 0.558. The van der Waals surface area contributed by atoms with Crippen molar-refractivity contribution in [1.29, 1.82) is 0 Å². The van der Waals surface area contributed by atoms with E-state index in [1.807, 2.05) is 0 Å². The van der Waals surface area contributed by atoms with Gasteiger partial charge in [-0.1, -0.05) is 12.1 Å². The summed E-state index contributed by atoms with van der Waals surface area (Å²) in [5, 5.41) is 38.1. The van der Waals surface area contributed by atoms with E-state index in [0.717, 1.165) is 6.42 Å². The molecule has 0 saturated carbocycles. The number of amides is 3. The van der Waals surface area contributed by atoms with Crippen molar-refractivity contribution >= 4 is 42.3 Å². The minimum Gasteiger partial charge on any atom is -0.508 e. The van der Waals surface area contributed by atoms with Crippen molar-refractivity contribution in [3.8, 4) is 5.75 Å². The molecule has 1 aromatic carbocycles. The number of aromatic hydroxyl groups is 1. The molecule has 1 heterocycles. The van der Waals surface area contributed by atoms with Gasteiger partial charge in [0.25, 0.3) is 0 Å². The molecule has 12 nitrogen and oxygen atoms in total. The van der Waals surface area contributed by atoms with Gasteiger partial charge < -0.3 is 36.6 Å². The summed E-state index contributed by atoms with van der Waals surface area (Å²) >= 11 is 3.92. The van der Waals surface area contributed by atoms with Crippen LogP contribution in [-0.2, 0) is 30.4 Å². The third kappa shape index (κ3) is 9.09. The maximum atomic E-state index is 13.1. The summed E-state index contributed by atoms with van der Waals surface area (Å²) in [6, 6.07) is 1.57. The molecular formula is C22H30N4O8S. The zero-order chi connectivity index (χ0) is 26.0. The topological polar surface area (TPSA) is 194 Å². The van der Waals surface area contributed by atoms with Crippen molar-refractivity contribution < 1.29 is 39.3 Å². The smallest absolute Gasteiger partial charge is 0.327 e. The Kier molecular flexibility index (Phi) is 10.8. The highest BCUT2D eigenvalue weighted by atomic mass is 32.1. The van der Waals surface area contributed by atoms with Gasteiger partial charge in [-0.25, -0.2) is 4.79 Å². The number of phenols is 1. The Bertz CT molecular complexity index is 921. The van der Waals surface area contributed by atoms with Crippen LogP contribution in [0.25, 0.3) is 0 Å². The van der Waals surface area contributed by atoms with E-state index >= 15 is 0 Å². The number of aliphatic carboxylic acids is 2. The molecule has 1 saturated heterocycles. The lowest BCUT2D eigenvalue weighted by Gasteiger charge is -2.25. The molecule has 13 heteroatoms. The number of rotatable bonds is 13. The summed E-state index contributed by atoms with van der Waals surface area (Å²) in [7, 11) is 0. The highest BCUT2D eigenvalue weighted by Gasteiger charge is 2.31. The van der Waals surface area contributed by atoms with Crippen LogP contribution in [-0.4, -0.2) is 81.4 Å². The summed E-state index contributed by atoms with van der Waals surface area (Å²) in [6.07, 6.45) is 0.703. The zero-order valence-corrected chi connectivity index (χ0v) is 19.8. The quantitative estimate of drug-likeness (QED) is 0.154. The highest BCUT2D eigenvalue weighted by molar-refractivity contribution is 7.80. The Morgan fingerprint density at radius 3 is 2.14 bits per heavy atom. The number of carbonyl (C=O) groups excluding carboxylic acids is 3. The molecule has 35 heavy (non-hydrogen) atoms. The number of carbonyl (C=O) groups is 5. The molecule has 1 aliphatic rings. The Labute approximate surface area is 207 Å². The molecule has 0 aromatic heterocycles. The SMILES string of the molecule is O=C(O)CCC(NC(=O)C1CCCN1)C(=O)NC(Cc1ccc(O)cc1)C(=O)NC(CS)C(=O)O. The van der Waals surface area contributed by atoms with Gasteiger partial charge in [-0.3, -0.25) is 19.2 Å². The number of hydrogen-bond donors (Lipinski definition) is 8. The van der Waals surface area contributed by atoms with Crippen LogP contribution in [0.4, 0.5) is 0 Å². The molecule has 4 atom stereocenters. The van der Waals surface area contributed by atoms with E-state index in [2.05, 4.69) is 33.9 Å². The van der Waals surface area contributed by atoms with Crippen molar-refractivity contribution in [2.75, 3.05) is 12.3 Å². The van der Waals surface area contributed by atoms with Gasteiger partial charge in [-0.2, -0.15) is 12.6 Å². The van der Waals surface area contributed by atoms with Gasteiger partial charge in [-0.15, -0.1) is 0 Å². The maximum Gasteiger partial charge on any atom is 0.327 e. The first-order valence-electron chi connectivity index (χ1n) is 11.1. The van der Waals surface area contributed by atoms with Crippen LogP contribution >= 0.6 is 12.6 Å². The minimum atomic E-state index is -1.31. The van der Waals surface area contributed by atoms with E-state index in [1.165, 1.54) is 24.3 Å². The number of benzene rings is 1. The van der Waals surface area contributed by atoms with Crippen LogP contribution in [0, 0.1) is 0 Å². The molecule has 4 unspecified atom stereocenters. The Morgan fingerprint density at radius 1 is 0.971 bits per heavy atom. The van der Waals surface area contributed by atoms with Crippen molar-refractivity contribution in [2.45, 2.75) is 56.3 Å². The van der Waals surface area contributed by atoms with Crippen molar-refractivity contribution in [3.05, 3.63) is 29.8 Å². The molecule has 1 aromatic rings. The summed E-state index contributed by atoms with van der Waals surface area (Å²) < 4.78 is 0. The van der Waals surface area contributed by atoms with Crippen LogP contribution in [0.15, 0.2) is 24.3 Å². The van der Waals surface area contributed by atoms with Crippen molar-refractivity contribution in [2.24, 2.45) is 0 Å². The zero-order valence-electron chi connectivity index (χ0n) is 18.9. The normalized spacial score (nSPS) is 17.6. The highest BCUT2D eigenvalue weighted by Crippen LogP contribution is 2.12. The number of carboxylic acid groups (broad SMARTS) is 2. The first kappa shape index (κ1) is 27.9. The minimum absolute atomic E-state index is 0.00299. The number of phenolic OH excluding ortho intramolecular Hbond substituents is 1. The predicted octanol–water partition coefficient (Wildman–Crippen LogP) is -0.980. The monoisotopic (exact) mass is 510 g/mol. The average molecular weight is 511 g/mol. The third-order valence-electron chi connectivity index (χ3n) is 5.46. The van der Waals surface area contributed by atoms with E-state index in [0.29, 0.717) is 18.5 Å².